The molecule has 0 radical (unpaired) electrons. The maximum absolute atomic E-state index is 13.4. The van der Waals surface area contributed by atoms with Crippen molar-refractivity contribution in [3.05, 3.63) is 106 Å². The average molecular weight is 502 g/mol. The first-order valence-electron chi connectivity index (χ1n) is 10.4. The van der Waals surface area contributed by atoms with Crippen LogP contribution in [0.5, 0.6) is 0 Å². The molecule has 0 saturated carbocycles. The van der Waals surface area contributed by atoms with Crippen LogP contribution in [-0.2, 0) is 4.79 Å². The summed E-state index contributed by atoms with van der Waals surface area (Å²) in [6, 6.07) is 22.4. The fourth-order valence-corrected chi connectivity index (χ4v) is 5.39. The van der Waals surface area contributed by atoms with Crippen LogP contribution in [0.15, 0.2) is 95.0 Å². The van der Waals surface area contributed by atoms with Crippen LogP contribution >= 0.6 is 23.1 Å². The molecule has 35 heavy (non-hydrogen) atoms. The summed E-state index contributed by atoms with van der Waals surface area (Å²) < 4.78 is 13.4. The molecule has 3 heterocycles. The summed E-state index contributed by atoms with van der Waals surface area (Å²) in [5.41, 5.74) is 1.67. The van der Waals surface area contributed by atoms with E-state index in [0.717, 1.165) is 21.5 Å². The number of thiophene rings is 1. The van der Waals surface area contributed by atoms with Gasteiger partial charge in [-0.1, -0.05) is 30.3 Å². The van der Waals surface area contributed by atoms with Gasteiger partial charge in [0.25, 0.3) is 5.91 Å². The quantitative estimate of drug-likeness (QED) is 0.318. The van der Waals surface area contributed by atoms with Crippen molar-refractivity contribution < 1.29 is 19.1 Å². The van der Waals surface area contributed by atoms with E-state index in [1.165, 1.54) is 40.1 Å². The molecule has 0 bridgehead atoms. The third kappa shape index (κ3) is 4.91. The minimum atomic E-state index is -0.988. The number of nitrogens with zero attached hydrogens (tertiary/aromatic N) is 3. The van der Waals surface area contributed by atoms with Gasteiger partial charge in [0.15, 0.2) is 5.17 Å². The number of benzene rings is 2. The molecule has 1 fully saturated rings. The Morgan fingerprint density at radius 2 is 1.86 bits per heavy atom. The molecular formula is C26H16FN3O3S2. The minimum Gasteiger partial charge on any atom is -0.478 e. The molecule has 1 saturated heterocycles. The molecule has 1 aliphatic rings. The second-order valence-electron chi connectivity index (χ2n) is 7.40. The monoisotopic (exact) mass is 501 g/mol. The number of aliphatic imine (C=N–C) groups is 1. The van der Waals surface area contributed by atoms with Gasteiger partial charge in [0.05, 0.1) is 22.4 Å². The molecular weight excluding hydrogens is 485 g/mol. The molecule has 1 aliphatic heterocycles. The van der Waals surface area contributed by atoms with Gasteiger partial charge in [-0.2, -0.15) is 0 Å². The molecule has 6 nitrogen and oxygen atoms in total. The molecule has 2 aromatic carbocycles. The molecule has 0 unspecified atom stereocenters. The van der Waals surface area contributed by atoms with Gasteiger partial charge in [0, 0.05) is 9.75 Å². The Hall–Kier alpha value is -4.08. The van der Waals surface area contributed by atoms with Gasteiger partial charge in [0.1, 0.15) is 11.6 Å². The number of pyridine rings is 1. The number of halogens is 1. The lowest BCUT2D eigenvalue weighted by Gasteiger charge is -2.14. The van der Waals surface area contributed by atoms with Gasteiger partial charge in [-0.15, -0.1) is 11.3 Å². The summed E-state index contributed by atoms with van der Waals surface area (Å²) in [4.78, 5) is 36.9. The highest BCUT2D eigenvalue weighted by molar-refractivity contribution is 8.19. The van der Waals surface area contributed by atoms with Gasteiger partial charge < -0.3 is 5.11 Å². The van der Waals surface area contributed by atoms with E-state index in [9.17, 15) is 19.1 Å². The Labute approximate surface area is 208 Å². The van der Waals surface area contributed by atoms with Crippen molar-refractivity contribution in [2.24, 2.45) is 4.99 Å². The van der Waals surface area contributed by atoms with Gasteiger partial charge in [0.2, 0.25) is 0 Å². The second-order valence-corrected chi connectivity index (χ2v) is 9.53. The van der Waals surface area contributed by atoms with Gasteiger partial charge in [-0.25, -0.2) is 24.1 Å². The summed E-state index contributed by atoms with van der Waals surface area (Å²) in [5.74, 6) is -1.52. The summed E-state index contributed by atoms with van der Waals surface area (Å²) in [5, 5.41) is 9.67. The maximum atomic E-state index is 13.4. The highest BCUT2D eigenvalue weighted by Gasteiger charge is 2.35. The Bertz CT molecular complexity index is 1480. The smallest absolute Gasteiger partial charge is 0.335 e. The van der Waals surface area contributed by atoms with Crippen LogP contribution in [0.4, 0.5) is 15.9 Å². The van der Waals surface area contributed by atoms with Gasteiger partial charge >= 0.3 is 5.97 Å². The number of carboxylic acids is 1. The van der Waals surface area contributed by atoms with Crippen LogP contribution in [0.2, 0.25) is 0 Å². The maximum Gasteiger partial charge on any atom is 0.335 e. The third-order valence-electron chi connectivity index (χ3n) is 5.02. The molecule has 1 N–H and O–H groups in total. The molecule has 0 atom stereocenters. The van der Waals surface area contributed by atoms with Crippen LogP contribution in [0.3, 0.4) is 0 Å². The van der Waals surface area contributed by atoms with E-state index in [1.807, 2.05) is 48.5 Å². The summed E-state index contributed by atoms with van der Waals surface area (Å²) in [6.45, 7) is 0. The zero-order valence-corrected chi connectivity index (χ0v) is 19.6. The predicted octanol–water partition coefficient (Wildman–Crippen LogP) is 6.46. The molecule has 1 amide bonds. The minimum absolute atomic E-state index is 0.210. The molecule has 0 spiro atoms. The summed E-state index contributed by atoms with van der Waals surface area (Å²) in [7, 11) is 0. The van der Waals surface area contributed by atoms with Crippen molar-refractivity contribution >= 4 is 57.7 Å². The van der Waals surface area contributed by atoms with E-state index >= 15 is 0 Å². The fraction of sp³-hybridized carbons (Fsp3) is 0. The van der Waals surface area contributed by atoms with Crippen molar-refractivity contribution in [3.63, 3.8) is 0 Å². The number of para-hydroxylation sites is 1. The number of carboxylic acid groups (broad SMARTS) is 1. The predicted molar refractivity (Wildman–Crippen MR) is 138 cm³/mol. The number of carbonyl (C=O) groups is 2. The summed E-state index contributed by atoms with van der Waals surface area (Å²) >= 11 is 2.65. The van der Waals surface area contributed by atoms with E-state index in [0.29, 0.717) is 15.8 Å². The number of rotatable bonds is 5. The van der Waals surface area contributed by atoms with Crippen molar-refractivity contribution in [2.75, 3.05) is 4.90 Å². The lowest BCUT2D eigenvalue weighted by Crippen LogP contribution is -2.29. The highest BCUT2D eigenvalue weighted by atomic mass is 32.2. The Morgan fingerprint density at radius 3 is 2.60 bits per heavy atom. The number of amides is 1. The van der Waals surface area contributed by atoms with Gasteiger partial charge in [-0.3, -0.25) is 4.79 Å². The highest BCUT2D eigenvalue weighted by Crippen LogP contribution is 2.38. The SMILES string of the molecule is O=C(O)c1cccc(-c2ccc(C=C3SC(=Nc4ccccc4)N(c4ccc(F)cn4)C3=O)s2)c1. The second kappa shape index (κ2) is 9.65. The van der Waals surface area contributed by atoms with Crippen LogP contribution in [0, 0.1) is 5.82 Å². The van der Waals surface area contributed by atoms with E-state index in [4.69, 9.17) is 0 Å². The number of carbonyl (C=O) groups excluding carboxylic acids is 1. The number of anilines is 1. The van der Waals surface area contributed by atoms with Crippen molar-refractivity contribution in [2.45, 2.75) is 0 Å². The molecule has 9 heteroatoms. The fourth-order valence-electron chi connectivity index (χ4n) is 3.38. The zero-order chi connectivity index (χ0) is 24.4. The number of amidine groups is 1. The molecule has 5 rings (SSSR count). The van der Waals surface area contributed by atoms with E-state index in [1.54, 1.807) is 24.3 Å². The Balaban J connectivity index is 1.49. The molecule has 2 aromatic heterocycles. The van der Waals surface area contributed by atoms with Gasteiger partial charge in [-0.05, 0) is 71.9 Å². The normalized spacial score (nSPS) is 15.8. The van der Waals surface area contributed by atoms with Crippen molar-refractivity contribution in [1.29, 1.82) is 0 Å². The molecule has 172 valence electrons. The Kier molecular flexibility index (Phi) is 6.26. The van der Waals surface area contributed by atoms with E-state index in [-0.39, 0.29) is 17.3 Å². The lowest BCUT2D eigenvalue weighted by molar-refractivity contribution is -0.113. The van der Waals surface area contributed by atoms with Crippen LogP contribution in [0.1, 0.15) is 15.2 Å². The average Bonchev–Trinajstić information content (AvgIpc) is 3.45. The number of aromatic nitrogens is 1. The number of hydrogen-bond donors (Lipinski definition) is 1. The third-order valence-corrected chi connectivity index (χ3v) is 7.07. The summed E-state index contributed by atoms with van der Waals surface area (Å²) in [6.07, 6.45) is 2.83. The number of aromatic carboxylic acids is 1. The number of thioether (sulfide) groups is 1. The molecule has 4 aromatic rings. The van der Waals surface area contributed by atoms with Crippen molar-refractivity contribution in [1.82, 2.24) is 4.98 Å². The zero-order valence-electron chi connectivity index (χ0n) is 18.0. The Morgan fingerprint density at radius 1 is 1.03 bits per heavy atom. The first-order valence-corrected chi connectivity index (χ1v) is 12.0. The van der Waals surface area contributed by atoms with Crippen LogP contribution in [-0.4, -0.2) is 27.1 Å². The lowest BCUT2D eigenvalue weighted by atomic mass is 10.1. The first-order chi connectivity index (χ1) is 17.0. The van der Waals surface area contributed by atoms with E-state index in [2.05, 4.69) is 9.98 Å². The topological polar surface area (TPSA) is 82.9 Å². The van der Waals surface area contributed by atoms with Crippen LogP contribution in [0.25, 0.3) is 16.5 Å². The van der Waals surface area contributed by atoms with Crippen LogP contribution < -0.4 is 4.90 Å². The standard InChI is InChI=1S/C26H16FN3O3S2/c27-18-9-12-23(28-15-18)30-24(31)22(35-26(30)29-19-7-2-1-3-8-19)14-20-10-11-21(34-20)16-5-4-6-17(13-16)25(32)33/h1-15H,(H,32,33). The largest absolute Gasteiger partial charge is 0.478 e. The van der Waals surface area contributed by atoms with E-state index < -0.39 is 11.8 Å². The molecule has 0 aliphatic carbocycles. The van der Waals surface area contributed by atoms with Crippen molar-refractivity contribution in [3.8, 4) is 10.4 Å². The number of hydrogen-bond acceptors (Lipinski definition) is 6. The first kappa shape index (κ1) is 22.7.